The lowest BCUT2D eigenvalue weighted by atomic mass is 10.2. The molecule has 0 saturated carbocycles. The lowest BCUT2D eigenvalue weighted by molar-refractivity contribution is -0.117. The maximum Gasteiger partial charge on any atom is 0.291 e. The fourth-order valence-electron chi connectivity index (χ4n) is 2.77. The SMILES string of the molecule is CC(C)c1nn(CC(=O)Nc2cncs2)c(=O)c2cc3cc(Cl)sc3n12. The molecule has 0 aliphatic carbocycles. The summed E-state index contributed by atoms with van der Waals surface area (Å²) in [5, 5.41) is 8.70. The Bertz CT molecular complexity index is 1170. The van der Waals surface area contributed by atoms with Crippen molar-refractivity contribution < 1.29 is 4.79 Å². The van der Waals surface area contributed by atoms with Gasteiger partial charge in [-0.1, -0.05) is 25.4 Å². The van der Waals surface area contributed by atoms with Gasteiger partial charge in [-0.15, -0.1) is 22.7 Å². The van der Waals surface area contributed by atoms with E-state index >= 15 is 0 Å². The Morgan fingerprint density at radius 3 is 2.88 bits per heavy atom. The second-order valence-electron chi connectivity index (χ2n) is 6.07. The predicted octanol–water partition coefficient (Wildman–Crippen LogP) is 3.58. The monoisotopic (exact) mass is 407 g/mol. The molecule has 0 unspecified atom stereocenters. The van der Waals surface area contributed by atoms with E-state index in [4.69, 9.17) is 11.6 Å². The number of rotatable bonds is 4. The third-order valence-electron chi connectivity index (χ3n) is 3.86. The summed E-state index contributed by atoms with van der Waals surface area (Å²) in [6, 6.07) is 3.63. The number of nitrogens with one attached hydrogen (secondary N) is 1. The van der Waals surface area contributed by atoms with E-state index in [1.54, 1.807) is 17.8 Å². The highest BCUT2D eigenvalue weighted by molar-refractivity contribution is 7.22. The molecular weight excluding hydrogens is 394 g/mol. The first-order valence-corrected chi connectivity index (χ1v) is 9.91. The average Bonchev–Trinajstić information content (AvgIpc) is 3.26. The van der Waals surface area contributed by atoms with Gasteiger partial charge in [0, 0.05) is 11.3 Å². The summed E-state index contributed by atoms with van der Waals surface area (Å²) in [7, 11) is 0. The first-order chi connectivity index (χ1) is 12.4. The molecule has 1 amide bonds. The van der Waals surface area contributed by atoms with E-state index in [1.165, 1.54) is 27.4 Å². The Morgan fingerprint density at radius 1 is 1.38 bits per heavy atom. The lowest BCUT2D eigenvalue weighted by Crippen LogP contribution is -2.32. The van der Waals surface area contributed by atoms with Crippen LogP contribution in [0.15, 0.2) is 28.6 Å². The summed E-state index contributed by atoms with van der Waals surface area (Å²) in [5.41, 5.74) is 1.81. The highest BCUT2D eigenvalue weighted by Gasteiger charge is 2.19. The van der Waals surface area contributed by atoms with Crippen LogP contribution in [0.3, 0.4) is 0 Å². The van der Waals surface area contributed by atoms with Crippen molar-refractivity contribution in [3.05, 3.63) is 44.4 Å². The summed E-state index contributed by atoms with van der Waals surface area (Å²) in [5.74, 6) is 0.448. The predicted molar refractivity (Wildman–Crippen MR) is 105 cm³/mol. The van der Waals surface area contributed by atoms with Gasteiger partial charge in [-0.2, -0.15) is 5.10 Å². The maximum atomic E-state index is 12.9. The molecule has 0 radical (unpaired) electrons. The largest absolute Gasteiger partial charge is 0.315 e. The van der Waals surface area contributed by atoms with Gasteiger partial charge in [-0.05, 0) is 12.1 Å². The van der Waals surface area contributed by atoms with Crippen LogP contribution in [0.4, 0.5) is 5.00 Å². The highest BCUT2D eigenvalue weighted by Crippen LogP contribution is 2.32. The molecular formula is C16H14ClN5O2S2. The van der Waals surface area contributed by atoms with E-state index in [9.17, 15) is 9.59 Å². The molecule has 4 rings (SSSR count). The minimum absolute atomic E-state index is 0.0605. The van der Waals surface area contributed by atoms with Crippen molar-refractivity contribution in [3.63, 3.8) is 0 Å². The molecule has 0 saturated heterocycles. The molecule has 0 fully saturated rings. The summed E-state index contributed by atoms with van der Waals surface area (Å²) in [4.78, 5) is 29.9. The minimum Gasteiger partial charge on any atom is -0.315 e. The number of carbonyl (C=O) groups excluding carboxylic acids is 1. The second kappa shape index (κ2) is 6.49. The zero-order valence-electron chi connectivity index (χ0n) is 13.9. The molecule has 10 heteroatoms. The summed E-state index contributed by atoms with van der Waals surface area (Å²) in [6.07, 6.45) is 1.56. The number of nitrogens with zero attached hydrogens (tertiary/aromatic N) is 4. The van der Waals surface area contributed by atoms with Gasteiger partial charge < -0.3 is 5.32 Å². The third-order valence-corrected chi connectivity index (χ3v) is 5.81. The van der Waals surface area contributed by atoms with Gasteiger partial charge in [-0.3, -0.25) is 19.0 Å². The number of amides is 1. The molecule has 0 bridgehead atoms. The van der Waals surface area contributed by atoms with E-state index in [2.05, 4.69) is 15.4 Å². The molecule has 0 atom stereocenters. The first kappa shape index (κ1) is 17.2. The smallest absolute Gasteiger partial charge is 0.291 e. The topological polar surface area (TPSA) is 81.3 Å². The van der Waals surface area contributed by atoms with Gasteiger partial charge in [0.15, 0.2) is 0 Å². The van der Waals surface area contributed by atoms with Crippen LogP contribution in [-0.2, 0) is 11.3 Å². The average molecular weight is 408 g/mol. The maximum absolute atomic E-state index is 12.9. The molecule has 1 N–H and O–H groups in total. The van der Waals surface area contributed by atoms with Crippen LogP contribution >= 0.6 is 34.3 Å². The number of thiazole rings is 1. The molecule has 4 aromatic heterocycles. The fraction of sp³-hybridized carbons (Fsp3) is 0.250. The van der Waals surface area contributed by atoms with Crippen LogP contribution in [0.1, 0.15) is 25.6 Å². The molecule has 0 aliphatic rings. The van der Waals surface area contributed by atoms with Gasteiger partial charge in [0.1, 0.15) is 27.7 Å². The Morgan fingerprint density at radius 2 is 2.19 bits per heavy atom. The van der Waals surface area contributed by atoms with Gasteiger partial charge in [0.2, 0.25) is 5.91 Å². The number of thiophene rings is 1. The Balaban J connectivity index is 1.81. The molecule has 0 spiro atoms. The van der Waals surface area contributed by atoms with Gasteiger partial charge in [0.25, 0.3) is 5.56 Å². The number of fused-ring (bicyclic) bond motifs is 3. The van der Waals surface area contributed by atoms with E-state index in [0.717, 1.165) is 10.2 Å². The van der Waals surface area contributed by atoms with Crippen molar-refractivity contribution in [1.82, 2.24) is 19.2 Å². The molecule has 134 valence electrons. The first-order valence-electron chi connectivity index (χ1n) is 7.84. The molecule has 4 heterocycles. The van der Waals surface area contributed by atoms with Crippen molar-refractivity contribution in [2.24, 2.45) is 0 Å². The molecule has 4 aromatic rings. The Hall–Kier alpha value is -2.23. The number of halogens is 1. The number of anilines is 1. The van der Waals surface area contributed by atoms with E-state index in [0.29, 0.717) is 20.7 Å². The van der Waals surface area contributed by atoms with Crippen LogP contribution in [0.2, 0.25) is 4.34 Å². The van der Waals surface area contributed by atoms with Gasteiger partial charge >= 0.3 is 0 Å². The molecule has 26 heavy (non-hydrogen) atoms. The van der Waals surface area contributed by atoms with Crippen LogP contribution in [0, 0.1) is 0 Å². The van der Waals surface area contributed by atoms with Crippen LogP contribution in [0.25, 0.3) is 15.7 Å². The number of aromatic nitrogens is 4. The minimum atomic E-state index is -0.320. The van der Waals surface area contributed by atoms with Crippen molar-refractivity contribution in [1.29, 1.82) is 0 Å². The second-order valence-corrected chi connectivity index (χ2v) is 8.61. The molecule has 0 aliphatic heterocycles. The van der Waals surface area contributed by atoms with Crippen molar-refractivity contribution in [2.45, 2.75) is 26.3 Å². The molecule has 0 aromatic carbocycles. The number of carbonyl (C=O) groups is 1. The normalized spacial score (nSPS) is 11.7. The Labute approximate surface area is 160 Å². The van der Waals surface area contributed by atoms with E-state index in [-0.39, 0.29) is 23.9 Å². The fourth-order valence-corrected chi connectivity index (χ4v) is 4.52. The zero-order valence-corrected chi connectivity index (χ0v) is 16.3. The number of hydrogen-bond acceptors (Lipinski definition) is 6. The standard InChI is InChI=1S/C16H14ClN5O2S2/c1-8(2)14-20-21(6-12(23)19-13-5-18-7-25-13)15(24)10-3-9-4-11(17)26-16(9)22(10)14/h3-5,7-8H,6H2,1-2H3,(H,19,23). The lowest BCUT2D eigenvalue weighted by Gasteiger charge is -2.12. The Kier molecular flexibility index (Phi) is 4.29. The molecule has 7 nitrogen and oxygen atoms in total. The van der Waals surface area contributed by atoms with Gasteiger partial charge in [-0.25, -0.2) is 4.68 Å². The van der Waals surface area contributed by atoms with Crippen molar-refractivity contribution in [2.75, 3.05) is 5.32 Å². The van der Waals surface area contributed by atoms with E-state index < -0.39 is 0 Å². The number of hydrogen-bond donors (Lipinski definition) is 1. The quantitative estimate of drug-likeness (QED) is 0.560. The van der Waals surface area contributed by atoms with Crippen molar-refractivity contribution >= 4 is 60.9 Å². The summed E-state index contributed by atoms with van der Waals surface area (Å²) >= 11 is 8.83. The van der Waals surface area contributed by atoms with Gasteiger partial charge in [0.05, 0.1) is 16.0 Å². The summed E-state index contributed by atoms with van der Waals surface area (Å²) < 4.78 is 3.72. The highest BCUT2D eigenvalue weighted by atomic mass is 35.5. The van der Waals surface area contributed by atoms with Crippen LogP contribution in [0.5, 0.6) is 0 Å². The van der Waals surface area contributed by atoms with Crippen LogP contribution < -0.4 is 10.9 Å². The zero-order chi connectivity index (χ0) is 18.4. The van der Waals surface area contributed by atoms with E-state index in [1.807, 2.05) is 24.3 Å². The summed E-state index contributed by atoms with van der Waals surface area (Å²) in [6.45, 7) is 3.83. The van der Waals surface area contributed by atoms with Crippen molar-refractivity contribution in [3.8, 4) is 0 Å². The van der Waals surface area contributed by atoms with Crippen LogP contribution in [-0.4, -0.2) is 25.1 Å². The third kappa shape index (κ3) is 2.91.